The first kappa shape index (κ1) is 53.1. The summed E-state index contributed by atoms with van der Waals surface area (Å²) >= 11 is 0. The van der Waals surface area contributed by atoms with Crippen LogP contribution in [0.3, 0.4) is 0 Å². The van der Waals surface area contributed by atoms with Gasteiger partial charge in [0.2, 0.25) is 0 Å². The average molecular weight is 815 g/mol. The van der Waals surface area contributed by atoms with Crippen molar-refractivity contribution in [2.24, 2.45) is 0 Å². The van der Waals surface area contributed by atoms with Crippen LogP contribution in [0.4, 0.5) is 0 Å². The Morgan fingerprint density at radius 2 is 1.09 bits per heavy atom. The molecular formula is C45H67O11P. The summed E-state index contributed by atoms with van der Waals surface area (Å²) in [4.78, 5) is 42.8. The molecule has 0 heterocycles. The fraction of sp³-hybridized carbons (Fsp3) is 0.467. The van der Waals surface area contributed by atoms with Crippen molar-refractivity contribution in [3.8, 4) is 0 Å². The molecule has 318 valence electrons. The van der Waals surface area contributed by atoms with Crippen LogP contribution < -0.4 is 0 Å². The minimum atomic E-state index is -4.87. The first-order valence-electron chi connectivity index (χ1n) is 19.8. The third kappa shape index (κ3) is 38.7. The molecule has 0 unspecified atom stereocenters. The summed E-state index contributed by atoms with van der Waals surface area (Å²) in [5.41, 5.74) is 0. The molecule has 4 atom stereocenters. The monoisotopic (exact) mass is 814 g/mol. The highest BCUT2D eigenvalue weighted by Crippen LogP contribution is 2.35. The molecule has 0 aromatic heterocycles. The number of phosphoric ester groups is 1. The zero-order chi connectivity index (χ0) is 42.2. The van der Waals surface area contributed by atoms with Crippen LogP contribution in [0.2, 0.25) is 0 Å². The lowest BCUT2D eigenvalue weighted by molar-refractivity contribution is -0.161. The Labute approximate surface area is 340 Å². The van der Waals surface area contributed by atoms with Crippen LogP contribution >= 0.6 is 7.82 Å². The molecule has 0 aliphatic rings. The van der Waals surface area contributed by atoms with Crippen LogP contribution in [-0.4, -0.2) is 74.7 Å². The number of esters is 2. The van der Waals surface area contributed by atoms with Gasteiger partial charge in [-0.2, -0.15) is 0 Å². The Morgan fingerprint density at radius 1 is 0.596 bits per heavy atom. The van der Waals surface area contributed by atoms with E-state index in [0.717, 1.165) is 38.5 Å². The van der Waals surface area contributed by atoms with E-state index < -0.39 is 57.4 Å². The van der Waals surface area contributed by atoms with Gasteiger partial charge in [-0.1, -0.05) is 148 Å². The molecule has 0 fully saturated rings. The van der Waals surface area contributed by atoms with Gasteiger partial charge in [-0.25, -0.2) is 4.57 Å². The van der Waals surface area contributed by atoms with Crippen LogP contribution in [-0.2, 0) is 28.2 Å². The van der Waals surface area contributed by atoms with E-state index in [-0.39, 0.29) is 25.7 Å². The number of aliphatic hydroxyl groups excluding tert-OH is 3. The van der Waals surface area contributed by atoms with Gasteiger partial charge in [0.05, 0.1) is 24.9 Å². The van der Waals surface area contributed by atoms with Crippen LogP contribution in [0.15, 0.2) is 134 Å². The highest BCUT2D eigenvalue weighted by Gasteiger charge is 2.23. The van der Waals surface area contributed by atoms with Crippen LogP contribution in [0.1, 0.15) is 97.3 Å². The summed E-state index contributed by atoms with van der Waals surface area (Å²) in [5, 5.41) is 30.2. The number of phosphoric acid groups is 1. The minimum absolute atomic E-state index is 0.00343. The maximum Gasteiger partial charge on any atom is 0.469 e. The van der Waals surface area contributed by atoms with E-state index in [1.807, 2.05) is 37.3 Å². The molecule has 57 heavy (non-hydrogen) atoms. The normalized spacial score (nSPS) is 15.6. The highest BCUT2D eigenvalue weighted by atomic mass is 31.2. The van der Waals surface area contributed by atoms with Crippen molar-refractivity contribution in [2.45, 2.75) is 122 Å². The summed E-state index contributed by atoms with van der Waals surface area (Å²) in [5.74, 6) is -1.33. The third-order valence-electron chi connectivity index (χ3n) is 7.52. The van der Waals surface area contributed by atoms with Gasteiger partial charge in [0.25, 0.3) is 0 Å². The molecule has 12 heteroatoms. The van der Waals surface area contributed by atoms with Gasteiger partial charge >= 0.3 is 19.8 Å². The highest BCUT2D eigenvalue weighted by molar-refractivity contribution is 7.46. The molecular weight excluding hydrogens is 747 g/mol. The first-order valence-corrected chi connectivity index (χ1v) is 21.3. The number of ether oxygens (including phenoxy) is 2. The number of hydrogen-bond acceptors (Lipinski definition) is 9. The van der Waals surface area contributed by atoms with Gasteiger partial charge in [-0.05, 0) is 70.6 Å². The lowest BCUT2D eigenvalue weighted by Gasteiger charge is -2.18. The van der Waals surface area contributed by atoms with E-state index >= 15 is 0 Å². The molecule has 0 amide bonds. The van der Waals surface area contributed by atoms with Crippen LogP contribution in [0.25, 0.3) is 0 Å². The SMILES string of the molecule is CC/C=C\C/C=C\C/C=C\C/C=C\C/C=C\C/C=C\CCC(=O)O[C@H](COC(=O)CCC[C@H](O)[C@@H](O)\C=C/C=C\C=C\C=C\[C@H](O)C/C=C\CC)COP(=O)(O)O. The fourth-order valence-corrected chi connectivity index (χ4v) is 4.86. The predicted molar refractivity (Wildman–Crippen MR) is 229 cm³/mol. The molecule has 11 nitrogen and oxygen atoms in total. The van der Waals surface area contributed by atoms with Gasteiger partial charge < -0.3 is 34.6 Å². The molecule has 0 bridgehead atoms. The summed E-state index contributed by atoms with van der Waals surface area (Å²) < 4.78 is 26.1. The zero-order valence-electron chi connectivity index (χ0n) is 33.8. The van der Waals surface area contributed by atoms with Gasteiger partial charge in [0, 0.05) is 12.8 Å². The molecule has 0 aromatic carbocycles. The molecule has 0 radical (unpaired) electrons. The van der Waals surface area contributed by atoms with Crippen molar-refractivity contribution >= 4 is 19.8 Å². The maximum atomic E-state index is 12.4. The maximum absolute atomic E-state index is 12.4. The molecule has 0 spiro atoms. The largest absolute Gasteiger partial charge is 0.469 e. The minimum Gasteiger partial charge on any atom is -0.462 e. The Kier molecular flexibility index (Phi) is 35.0. The molecule has 0 saturated heterocycles. The van der Waals surface area contributed by atoms with Crippen LogP contribution in [0, 0.1) is 0 Å². The fourth-order valence-electron chi connectivity index (χ4n) is 4.50. The van der Waals surface area contributed by atoms with Crippen molar-refractivity contribution in [3.63, 3.8) is 0 Å². The van der Waals surface area contributed by atoms with Gasteiger partial charge in [0.1, 0.15) is 6.61 Å². The van der Waals surface area contributed by atoms with Crippen molar-refractivity contribution in [1.82, 2.24) is 0 Å². The van der Waals surface area contributed by atoms with Crippen molar-refractivity contribution in [1.29, 1.82) is 0 Å². The molecule has 0 aromatic rings. The standard InChI is InChI=1S/C45H67O11P/c1-3-5-7-8-9-10-11-12-13-14-15-16-17-18-19-20-21-26-30-36-45(50)56-41(39-55-57(51,52)53)38-54-44(49)37-31-35-43(48)42(47)34-29-25-23-22-24-28-33-40(46)32-27-6-4-2/h5-7,9-10,12-13,15-16,18-19,21-29,33-34,40-43,46-48H,3-4,8,11,14,17,20,30-32,35-39H2,1-2H3,(H2,51,52,53)/b7-5-,10-9-,13-12-,16-15-,19-18-,24-22+,25-23-,26-21-,27-6-,33-28+,34-29-/t40-,41-,42+,43+/m1/s1. The Bertz CT molecular complexity index is 1430. The number of carbonyl (C=O) groups is 2. The number of carbonyl (C=O) groups excluding carboxylic acids is 2. The third-order valence-corrected chi connectivity index (χ3v) is 8.01. The van der Waals surface area contributed by atoms with Gasteiger partial charge in [0.15, 0.2) is 6.10 Å². The van der Waals surface area contributed by atoms with E-state index in [1.54, 1.807) is 42.5 Å². The smallest absolute Gasteiger partial charge is 0.462 e. The number of rotatable bonds is 33. The Morgan fingerprint density at radius 3 is 1.63 bits per heavy atom. The number of hydrogen-bond donors (Lipinski definition) is 5. The second-order valence-corrected chi connectivity index (χ2v) is 13.9. The van der Waals surface area contributed by atoms with Crippen molar-refractivity contribution < 1.29 is 53.3 Å². The lowest BCUT2D eigenvalue weighted by Crippen LogP contribution is -2.29. The summed E-state index contributed by atoms with van der Waals surface area (Å²) in [6.07, 6.45) is 45.6. The molecule has 0 saturated carbocycles. The Hall–Kier alpha value is -3.93. The summed E-state index contributed by atoms with van der Waals surface area (Å²) in [6.45, 7) is 2.99. The topological polar surface area (TPSA) is 180 Å². The van der Waals surface area contributed by atoms with Gasteiger partial charge in [-0.3, -0.25) is 14.1 Å². The molecule has 0 rings (SSSR count). The molecule has 0 aliphatic heterocycles. The summed E-state index contributed by atoms with van der Waals surface area (Å²) in [7, 11) is -4.87. The zero-order valence-corrected chi connectivity index (χ0v) is 34.6. The van der Waals surface area contributed by atoms with Crippen molar-refractivity contribution in [2.75, 3.05) is 13.2 Å². The van der Waals surface area contributed by atoms with Crippen LogP contribution in [0.5, 0.6) is 0 Å². The number of allylic oxidation sites excluding steroid dienone is 19. The Balaban J connectivity index is 4.44. The van der Waals surface area contributed by atoms with Gasteiger partial charge in [-0.15, -0.1) is 0 Å². The molecule has 0 aliphatic carbocycles. The van der Waals surface area contributed by atoms with E-state index in [2.05, 4.69) is 66.1 Å². The summed E-state index contributed by atoms with van der Waals surface area (Å²) in [6, 6.07) is 0. The van der Waals surface area contributed by atoms with E-state index in [1.165, 1.54) is 6.08 Å². The second-order valence-electron chi connectivity index (χ2n) is 12.7. The first-order chi connectivity index (χ1) is 27.5. The van der Waals surface area contributed by atoms with E-state index in [4.69, 9.17) is 19.3 Å². The quantitative estimate of drug-likeness (QED) is 0.0185. The van der Waals surface area contributed by atoms with E-state index in [0.29, 0.717) is 19.3 Å². The predicted octanol–water partition coefficient (Wildman–Crippen LogP) is 8.86. The average Bonchev–Trinajstić information content (AvgIpc) is 3.17. The molecule has 5 N–H and O–H groups in total. The van der Waals surface area contributed by atoms with E-state index in [9.17, 15) is 29.5 Å². The lowest BCUT2D eigenvalue weighted by atomic mass is 10.1. The number of aliphatic hydroxyl groups is 3. The van der Waals surface area contributed by atoms with Crippen molar-refractivity contribution in [3.05, 3.63) is 134 Å². The second kappa shape index (κ2) is 37.6.